The summed E-state index contributed by atoms with van der Waals surface area (Å²) >= 11 is 1.66. The molecule has 1 aromatic rings. The number of alkyl halides is 3. The van der Waals surface area contributed by atoms with Crippen molar-refractivity contribution in [1.29, 1.82) is 0 Å². The first-order chi connectivity index (χ1) is 14.6. The van der Waals surface area contributed by atoms with E-state index in [0.717, 1.165) is 35.1 Å². The van der Waals surface area contributed by atoms with Crippen LogP contribution in [-0.2, 0) is 11.0 Å². The van der Waals surface area contributed by atoms with Crippen molar-refractivity contribution in [3.8, 4) is 0 Å². The molecule has 4 aliphatic carbocycles. The lowest BCUT2D eigenvalue weighted by Crippen LogP contribution is -2.51. The van der Waals surface area contributed by atoms with Crippen LogP contribution in [0.5, 0.6) is 0 Å². The van der Waals surface area contributed by atoms with Crippen LogP contribution in [0.1, 0.15) is 51.0 Å². The Kier molecular flexibility index (Phi) is 5.07. The van der Waals surface area contributed by atoms with Gasteiger partial charge in [-0.05, 0) is 80.5 Å². The first kappa shape index (κ1) is 21.2. The molecule has 6 rings (SSSR count). The third-order valence-electron chi connectivity index (χ3n) is 7.56. The largest absolute Gasteiger partial charge is 0.416 e. The summed E-state index contributed by atoms with van der Waals surface area (Å²) in [5.74, 6) is 2.90. The van der Waals surface area contributed by atoms with E-state index < -0.39 is 11.7 Å². The van der Waals surface area contributed by atoms with E-state index in [1.807, 2.05) is 11.9 Å². The van der Waals surface area contributed by atoms with Gasteiger partial charge in [0.15, 0.2) is 5.17 Å². The predicted octanol–water partition coefficient (Wildman–Crippen LogP) is 5.39. The highest BCUT2D eigenvalue weighted by molar-refractivity contribution is 8.14. The Balaban J connectivity index is 1.38. The van der Waals surface area contributed by atoms with E-state index in [4.69, 9.17) is 4.99 Å². The van der Waals surface area contributed by atoms with Gasteiger partial charge in [0.2, 0.25) is 5.91 Å². The zero-order valence-electron chi connectivity index (χ0n) is 17.9. The molecule has 5 aliphatic rings. The minimum Gasteiger partial charge on any atom is -0.333 e. The van der Waals surface area contributed by atoms with Gasteiger partial charge < -0.3 is 4.90 Å². The second-order valence-corrected chi connectivity index (χ2v) is 10.9. The molecule has 0 radical (unpaired) electrons. The molecule has 4 nitrogen and oxygen atoms in total. The lowest BCUT2D eigenvalue weighted by atomic mass is 9.53. The molecule has 1 saturated heterocycles. The van der Waals surface area contributed by atoms with Gasteiger partial charge in [-0.15, -0.1) is 0 Å². The zero-order valence-corrected chi connectivity index (χ0v) is 18.7. The molecule has 1 amide bonds. The van der Waals surface area contributed by atoms with Gasteiger partial charge in [-0.25, -0.2) is 0 Å². The number of halogens is 3. The van der Waals surface area contributed by atoms with E-state index >= 15 is 0 Å². The Hall–Kier alpha value is -1.70. The highest BCUT2D eigenvalue weighted by atomic mass is 32.2. The van der Waals surface area contributed by atoms with Gasteiger partial charge in [0.05, 0.1) is 11.1 Å². The van der Waals surface area contributed by atoms with Gasteiger partial charge in [0.1, 0.15) is 6.17 Å². The highest BCUT2D eigenvalue weighted by Gasteiger charge is 2.51. The number of nitrogens with zero attached hydrogens (tertiary/aromatic N) is 3. The van der Waals surface area contributed by atoms with Crippen LogP contribution in [0.15, 0.2) is 29.3 Å². The Bertz CT molecular complexity index is 863. The summed E-state index contributed by atoms with van der Waals surface area (Å²) in [5, 5.41) is 0.963. The number of benzene rings is 1. The van der Waals surface area contributed by atoms with Crippen LogP contribution < -0.4 is 4.90 Å². The summed E-state index contributed by atoms with van der Waals surface area (Å²) in [7, 11) is 1.95. The number of aliphatic imine (C=N–C) groups is 1. The number of carbonyl (C=O) groups is 1. The van der Waals surface area contributed by atoms with Gasteiger partial charge >= 0.3 is 6.18 Å². The maximum absolute atomic E-state index is 12.9. The van der Waals surface area contributed by atoms with Crippen LogP contribution in [0.3, 0.4) is 0 Å². The van der Waals surface area contributed by atoms with Gasteiger partial charge in [0.25, 0.3) is 0 Å². The van der Waals surface area contributed by atoms with Gasteiger partial charge in [-0.1, -0.05) is 11.8 Å². The number of hydrogen-bond donors (Lipinski definition) is 0. The van der Waals surface area contributed by atoms with Crippen molar-refractivity contribution < 1.29 is 18.0 Å². The second-order valence-electron chi connectivity index (χ2n) is 9.87. The van der Waals surface area contributed by atoms with Crippen molar-refractivity contribution in [2.75, 3.05) is 17.7 Å². The monoisotopic (exact) mass is 451 g/mol. The van der Waals surface area contributed by atoms with E-state index in [1.54, 1.807) is 16.7 Å². The molecule has 5 fully saturated rings. The maximum Gasteiger partial charge on any atom is 0.416 e. The molecule has 4 saturated carbocycles. The quantitative estimate of drug-likeness (QED) is 0.618. The fourth-order valence-corrected chi connectivity index (χ4v) is 7.88. The molecule has 168 valence electrons. The van der Waals surface area contributed by atoms with E-state index in [0.29, 0.717) is 11.4 Å². The van der Waals surface area contributed by atoms with Crippen molar-refractivity contribution in [2.45, 2.75) is 63.3 Å². The van der Waals surface area contributed by atoms with Crippen LogP contribution in [-0.4, -0.2) is 40.5 Å². The molecule has 0 aromatic heterocycles. The Labute approximate surface area is 185 Å². The number of amidine groups is 1. The molecule has 8 heteroatoms. The third kappa shape index (κ3) is 3.85. The van der Waals surface area contributed by atoms with E-state index in [2.05, 4.69) is 0 Å². The molecular weight excluding hydrogens is 423 g/mol. The van der Waals surface area contributed by atoms with E-state index in [9.17, 15) is 18.0 Å². The molecule has 1 aliphatic heterocycles. The molecule has 1 heterocycles. The molecular formula is C23H28F3N3OS. The molecule has 1 aromatic carbocycles. The SMILES string of the molecule is CC(=O)N(c1ccc(C(F)(F)F)cc1)C1CSC(=NC23CC4CC(CC(C4)C2)C3)N1C. The zero-order chi connectivity index (χ0) is 22.0. The summed E-state index contributed by atoms with van der Waals surface area (Å²) in [5.41, 5.74) is -0.178. The first-order valence-corrected chi connectivity index (χ1v) is 12.0. The van der Waals surface area contributed by atoms with Crippen molar-refractivity contribution in [3.63, 3.8) is 0 Å². The lowest BCUT2D eigenvalue weighted by molar-refractivity contribution is -0.137. The van der Waals surface area contributed by atoms with Crippen LogP contribution in [0, 0.1) is 17.8 Å². The number of rotatable bonds is 3. The standard InChI is InChI=1S/C23H28F3N3OS/c1-14(30)29(19-5-3-18(4-6-19)23(24,25)26)20-13-31-21(28(20)2)27-22-10-15-7-16(11-22)9-17(8-15)12-22/h3-6,15-17,20H,7-13H2,1-2H3. The first-order valence-electron chi connectivity index (χ1n) is 11.1. The van der Waals surface area contributed by atoms with Crippen molar-refractivity contribution in [2.24, 2.45) is 22.7 Å². The predicted molar refractivity (Wildman–Crippen MR) is 117 cm³/mol. The normalized spacial score (nSPS) is 35.8. The Morgan fingerprint density at radius 2 is 1.65 bits per heavy atom. The lowest BCUT2D eigenvalue weighted by Gasteiger charge is -2.55. The molecule has 0 spiro atoms. The van der Waals surface area contributed by atoms with Crippen LogP contribution in [0.4, 0.5) is 18.9 Å². The minimum absolute atomic E-state index is 0.0512. The molecule has 1 atom stereocenters. The van der Waals surface area contributed by atoms with Crippen molar-refractivity contribution in [3.05, 3.63) is 29.8 Å². The number of hydrogen-bond acceptors (Lipinski definition) is 3. The average Bonchev–Trinajstić information content (AvgIpc) is 3.00. The average molecular weight is 452 g/mol. The highest BCUT2D eigenvalue weighted by Crippen LogP contribution is 2.57. The Morgan fingerprint density at radius 3 is 2.13 bits per heavy atom. The van der Waals surface area contributed by atoms with E-state index in [1.165, 1.54) is 57.6 Å². The van der Waals surface area contributed by atoms with Gasteiger partial charge in [-0.3, -0.25) is 14.7 Å². The van der Waals surface area contributed by atoms with Crippen molar-refractivity contribution >= 4 is 28.5 Å². The Morgan fingerprint density at radius 1 is 1.10 bits per heavy atom. The summed E-state index contributed by atoms with van der Waals surface area (Å²) in [4.78, 5) is 21.4. The number of carbonyl (C=O) groups excluding carboxylic acids is 1. The maximum atomic E-state index is 12.9. The summed E-state index contributed by atoms with van der Waals surface area (Å²) in [6.07, 6.45) is 2.97. The summed E-state index contributed by atoms with van der Waals surface area (Å²) in [6, 6.07) is 4.85. The van der Waals surface area contributed by atoms with Crippen LogP contribution >= 0.6 is 11.8 Å². The van der Waals surface area contributed by atoms with Gasteiger partial charge in [-0.2, -0.15) is 13.2 Å². The summed E-state index contributed by atoms with van der Waals surface area (Å²) in [6.45, 7) is 1.46. The minimum atomic E-state index is -4.39. The summed E-state index contributed by atoms with van der Waals surface area (Å²) < 4.78 is 38.8. The fourth-order valence-electron chi connectivity index (χ4n) is 6.63. The van der Waals surface area contributed by atoms with Crippen LogP contribution in [0.25, 0.3) is 0 Å². The third-order valence-corrected chi connectivity index (χ3v) is 8.66. The number of anilines is 1. The molecule has 31 heavy (non-hydrogen) atoms. The number of thioether (sulfide) groups is 1. The van der Waals surface area contributed by atoms with Gasteiger partial charge in [0, 0.05) is 25.4 Å². The fraction of sp³-hybridized carbons (Fsp3) is 0.652. The molecule has 4 bridgehead atoms. The smallest absolute Gasteiger partial charge is 0.333 e. The topological polar surface area (TPSA) is 35.9 Å². The number of amides is 1. The molecule has 0 N–H and O–H groups in total. The van der Waals surface area contributed by atoms with Crippen LogP contribution in [0.2, 0.25) is 0 Å². The van der Waals surface area contributed by atoms with E-state index in [-0.39, 0.29) is 17.6 Å². The second kappa shape index (κ2) is 7.42. The van der Waals surface area contributed by atoms with Crippen molar-refractivity contribution in [1.82, 2.24) is 4.90 Å². The molecule has 1 unspecified atom stereocenters.